The molecule has 52 valence electrons. The zero-order valence-corrected chi connectivity index (χ0v) is 9.02. The van der Waals surface area contributed by atoms with E-state index in [1.165, 1.54) is 19.3 Å². The van der Waals surface area contributed by atoms with Crippen LogP contribution in [0.3, 0.4) is 0 Å². The van der Waals surface area contributed by atoms with E-state index in [0.29, 0.717) is 0 Å². The average molecular weight is 255 g/mol. The molecule has 0 aliphatic rings. The first-order chi connectivity index (χ1) is 4.31. The number of rotatable bonds is 4. The van der Waals surface area contributed by atoms with E-state index >= 15 is 0 Å². The number of unbranched alkanes of at least 4 members (excludes halogenated alkanes) is 2. The van der Waals surface area contributed by atoms with Crippen LogP contribution in [-0.4, -0.2) is 36.9 Å². The van der Waals surface area contributed by atoms with Crippen molar-refractivity contribution in [2.45, 2.75) is 32.6 Å². The molecule has 9 heavy (non-hydrogen) atoms. The van der Waals surface area contributed by atoms with Crippen molar-refractivity contribution in [3.63, 3.8) is 0 Å². The van der Waals surface area contributed by atoms with E-state index in [1.54, 1.807) is 0 Å². The van der Waals surface area contributed by atoms with Crippen LogP contribution in [0.1, 0.15) is 32.6 Å². The molecule has 0 saturated heterocycles. The Hall–Kier alpha value is 0.709. The van der Waals surface area contributed by atoms with Crippen molar-refractivity contribution in [1.82, 2.24) is 0 Å². The fraction of sp³-hybridized carbons (Fsp3) is 0.833. The van der Waals surface area contributed by atoms with Crippen LogP contribution in [0.2, 0.25) is 0 Å². The average Bonchev–Trinajstić information content (AvgIpc) is 1.89. The minimum atomic E-state index is 1.10. The van der Waals surface area contributed by atoms with E-state index in [9.17, 15) is 0 Å². The molecule has 0 aromatic heterocycles. The Bertz CT molecular complexity index is 91.1. The van der Waals surface area contributed by atoms with Crippen LogP contribution in [-0.2, 0) is 0 Å². The van der Waals surface area contributed by atoms with Crippen LogP contribution >= 0.6 is 0 Å². The third-order valence-electron chi connectivity index (χ3n) is 1.10. The second-order valence-electron chi connectivity index (χ2n) is 1.94. The quantitative estimate of drug-likeness (QED) is 0.407. The van der Waals surface area contributed by atoms with Crippen LogP contribution in [0.15, 0.2) is 4.01 Å². The van der Waals surface area contributed by atoms with Gasteiger partial charge < -0.3 is 0 Å². The first-order valence-corrected chi connectivity index (χ1v) is 4.79. The van der Waals surface area contributed by atoms with Crippen molar-refractivity contribution in [1.29, 1.82) is 0 Å². The van der Waals surface area contributed by atoms with Crippen LogP contribution in [0.4, 0.5) is 0 Å². The van der Waals surface area contributed by atoms with Gasteiger partial charge in [0.05, 0.1) is 0 Å². The maximum absolute atomic E-state index is 3.90. The standard InChI is InChI=1S/C6H11NSe2/c1-2-3-4-5-6(8)7-9/h2-5H2,1H3. The van der Waals surface area contributed by atoms with E-state index < -0.39 is 0 Å². The number of hydrogen-bond donors (Lipinski definition) is 0. The zero-order chi connectivity index (χ0) is 7.11. The summed E-state index contributed by atoms with van der Waals surface area (Å²) < 4.78 is 5.00. The molecule has 2 radical (unpaired) electrons. The Kier molecular flexibility index (Phi) is 7.36. The zero-order valence-electron chi connectivity index (χ0n) is 5.59. The molecule has 0 N–H and O–H groups in total. The molecule has 0 aromatic carbocycles. The van der Waals surface area contributed by atoms with Crippen LogP contribution in [0.5, 0.6) is 0 Å². The van der Waals surface area contributed by atoms with Gasteiger partial charge in [-0.25, -0.2) is 0 Å². The summed E-state index contributed by atoms with van der Waals surface area (Å²) in [5, 5.41) is 0. The van der Waals surface area contributed by atoms with E-state index in [0.717, 1.165) is 11.0 Å². The van der Waals surface area contributed by atoms with Gasteiger partial charge in [-0.05, 0) is 0 Å². The molecule has 1 nitrogen and oxygen atoms in total. The molecule has 0 atom stereocenters. The summed E-state index contributed by atoms with van der Waals surface area (Å²) in [7, 11) is 0. The molecule has 3 heteroatoms. The van der Waals surface area contributed by atoms with Gasteiger partial charge in [-0.2, -0.15) is 0 Å². The van der Waals surface area contributed by atoms with Gasteiger partial charge in [0, 0.05) is 0 Å². The Balaban J connectivity index is 3.07. The van der Waals surface area contributed by atoms with Crippen LogP contribution in [0.25, 0.3) is 0 Å². The minimum absolute atomic E-state index is 1.10. The summed E-state index contributed by atoms with van der Waals surface area (Å²) in [6.45, 7) is 2.20. The molecule has 0 spiro atoms. The third kappa shape index (κ3) is 6.60. The van der Waals surface area contributed by atoms with Gasteiger partial charge in [-0.3, -0.25) is 0 Å². The summed E-state index contributed by atoms with van der Waals surface area (Å²) in [6, 6.07) is 0. The first kappa shape index (κ1) is 9.71. The van der Waals surface area contributed by atoms with E-state index in [1.807, 2.05) is 0 Å². The molecule has 0 aliphatic heterocycles. The van der Waals surface area contributed by atoms with Crippen molar-refractivity contribution >= 4 is 36.9 Å². The maximum atomic E-state index is 3.90. The van der Waals surface area contributed by atoms with Gasteiger partial charge in [0.2, 0.25) is 0 Å². The van der Waals surface area contributed by atoms with E-state index in [-0.39, 0.29) is 0 Å². The SMILES string of the molecule is CCCCCC([Se])=N[Se]. The predicted octanol–water partition coefficient (Wildman–Crippen LogP) is 1.22. The molecular weight excluding hydrogens is 244 g/mol. The predicted molar refractivity (Wildman–Crippen MR) is 43.1 cm³/mol. The molecule has 0 unspecified atom stereocenters. The van der Waals surface area contributed by atoms with Crippen LogP contribution < -0.4 is 0 Å². The molecule has 0 bridgehead atoms. The summed E-state index contributed by atoms with van der Waals surface area (Å²) in [6.07, 6.45) is 4.94. The monoisotopic (exact) mass is 257 g/mol. The van der Waals surface area contributed by atoms with Crippen molar-refractivity contribution in [3.05, 3.63) is 0 Å². The molecular formula is C6H11NSe2. The fourth-order valence-corrected chi connectivity index (χ4v) is 1.07. The number of nitrogens with zero attached hydrogens (tertiary/aromatic N) is 1. The summed E-state index contributed by atoms with van der Waals surface area (Å²) in [4.78, 5) is 0. The molecule has 0 amide bonds. The van der Waals surface area contributed by atoms with Gasteiger partial charge in [-0.1, -0.05) is 0 Å². The second kappa shape index (κ2) is 6.82. The van der Waals surface area contributed by atoms with E-state index in [4.69, 9.17) is 0 Å². The Morgan fingerprint density at radius 1 is 1.44 bits per heavy atom. The topological polar surface area (TPSA) is 12.4 Å². The van der Waals surface area contributed by atoms with E-state index in [2.05, 4.69) is 43.2 Å². The van der Waals surface area contributed by atoms with Gasteiger partial charge in [0.1, 0.15) is 0 Å². The fourth-order valence-electron chi connectivity index (χ4n) is 0.572. The number of hydrogen-bond acceptors (Lipinski definition) is 1. The molecule has 0 aliphatic carbocycles. The molecule has 0 rings (SSSR count). The van der Waals surface area contributed by atoms with Gasteiger partial charge in [-0.15, -0.1) is 0 Å². The van der Waals surface area contributed by atoms with Crippen molar-refractivity contribution in [2.24, 2.45) is 4.01 Å². The Morgan fingerprint density at radius 3 is 2.56 bits per heavy atom. The Morgan fingerprint density at radius 2 is 2.11 bits per heavy atom. The summed E-state index contributed by atoms with van der Waals surface area (Å²) >= 11 is 5.53. The molecule has 0 saturated carbocycles. The molecule has 0 fully saturated rings. The second-order valence-corrected chi connectivity index (χ2v) is 3.31. The van der Waals surface area contributed by atoms with Crippen molar-refractivity contribution < 1.29 is 0 Å². The van der Waals surface area contributed by atoms with Gasteiger partial charge in [0.15, 0.2) is 0 Å². The molecule has 0 heterocycles. The third-order valence-corrected chi connectivity index (χ3v) is 2.76. The van der Waals surface area contributed by atoms with Crippen LogP contribution in [0, 0.1) is 0 Å². The van der Waals surface area contributed by atoms with Gasteiger partial charge >= 0.3 is 73.5 Å². The summed E-state index contributed by atoms with van der Waals surface area (Å²) in [5.74, 6) is 0. The normalized spacial score (nSPS) is 11.9. The first-order valence-electron chi connectivity index (χ1n) is 3.17. The molecule has 0 aromatic rings. The Labute approximate surface area is 73.5 Å². The van der Waals surface area contributed by atoms with Gasteiger partial charge in [0.25, 0.3) is 0 Å². The summed E-state index contributed by atoms with van der Waals surface area (Å²) in [5.41, 5.74) is 0. The van der Waals surface area contributed by atoms with Crippen molar-refractivity contribution in [2.75, 3.05) is 0 Å². The van der Waals surface area contributed by atoms with Crippen molar-refractivity contribution in [3.8, 4) is 0 Å².